The van der Waals surface area contributed by atoms with E-state index in [4.69, 9.17) is 16.3 Å². The fraction of sp³-hybridized carbons (Fsp3) is 0.0769. The van der Waals surface area contributed by atoms with Crippen LogP contribution in [-0.4, -0.2) is 4.92 Å². The van der Waals surface area contributed by atoms with E-state index in [2.05, 4.69) is 22.6 Å². The van der Waals surface area contributed by atoms with E-state index in [0.717, 1.165) is 3.57 Å². The van der Waals surface area contributed by atoms with E-state index in [9.17, 15) is 10.1 Å². The van der Waals surface area contributed by atoms with Gasteiger partial charge in [-0.05, 0) is 46.9 Å². The summed E-state index contributed by atoms with van der Waals surface area (Å²) in [5.41, 5.74) is 0.445. The number of nitrogens with zero attached hydrogens (tertiary/aromatic N) is 1. The van der Waals surface area contributed by atoms with Crippen LogP contribution in [0.5, 0.6) is 11.5 Å². The van der Waals surface area contributed by atoms with Crippen molar-refractivity contribution >= 4 is 39.9 Å². The number of para-hydroxylation sites is 1. The maximum Gasteiger partial charge on any atom is 0.274 e. The van der Waals surface area contributed by atoms with E-state index in [1.807, 2.05) is 24.3 Å². The van der Waals surface area contributed by atoms with Crippen molar-refractivity contribution in [3.63, 3.8) is 0 Å². The number of benzene rings is 2. The van der Waals surface area contributed by atoms with Crippen LogP contribution < -0.4 is 4.74 Å². The number of alkyl halides is 1. The van der Waals surface area contributed by atoms with Crippen LogP contribution >= 0.6 is 34.2 Å². The monoisotopic (exact) mass is 389 g/mol. The van der Waals surface area contributed by atoms with E-state index in [-0.39, 0.29) is 11.6 Å². The molecule has 6 heteroatoms. The van der Waals surface area contributed by atoms with Crippen molar-refractivity contribution in [3.8, 4) is 11.5 Å². The van der Waals surface area contributed by atoms with Crippen LogP contribution in [0, 0.1) is 13.7 Å². The molecule has 0 spiro atoms. The molecular formula is C13H9ClINO3. The molecule has 0 aromatic heterocycles. The molecule has 0 atom stereocenters. The fourth-order valence-corrected chi connectivity index (χ4v) is 2.28. The third kappa shape index (κ3) is 3.36. The molecule has 0 N–H and O–H groups in total. The number of hydrogen-bond donors (Lipinski definition) is 0. The second kappa shape index (κ2) is 6.21. The van der Waals surface area contributed by atoms with Gasteiger partial charge in [-0.3, -0.25) is 10.1 Å². The predicted octanol–water partition coefficient (Wildman–Crippen LogP) is 4.73. The first kappa shape index (κ1) is 14.1. The van der Waals surface area contributed by atoms with Crippen LogP contribution in [0.25, 0.3) is 0 Å². The molecule has 0 bridgehead atoms. The average Bonchev–Trinajstić information content (AvgIpc) is 2.41. The van der Waals surface area contributed by atoms with Crippen LogP contribution in [0.4, 0.5) is 5.69 Å². The molecule has 0 saturated heterocycles. The lowest BCUT2D eigenvalue weighted by atomic mass is 10.2. The number of hydrogen-bond acceptors (Lipinski definition) is 3. The predicted molar refractivity (Wildman–Crippen MR) is 81.9 cm³/mol. The second-order valence-corrected chi connectivity index (χ2v) is 5.14. The molecule has 2 aromatic rings. The third-order valence-electron chi connectivity index (χ3n) is 2.46. The van der Waals surface area contributed by atoms with Gasteiger partial charge in [0, 0.05) is 11.6 Å². The zero-order valence-corrected chi connectivity index (χ0v) is 12.6. The summed E-state index contributed by atoms with van der Waals surface area (Å²) < 4.78 is 6.66. The summed E-state index contributed by atoms with van der Waals surface area (Å²) in [5.74, 6) is 1.31. The fourth-order valence-electron chi connectivity index (χ4n) is 1.56. The molecule has 0 amide bonds. The van der Waals surface area contributed by atoms with Crippen LogP contribution in [0.2, 0.25) is 0 Å². The molecule has 19 heavy (non-hydrogen) atoms. The SMILES string of the molecule is O=[N+]([O-])c1ccc(Oc2ccccc2I)cc1CCl. The molecule has 0 radical (unpaired) electrons. The average molecular weight is 390 g/mol. The minimum Gasteiger partial charge on any atom is -0.456 e. The molecule has 0 unspecified atom stereocenters. The number of rotatable bonds is 4. The zero-order valence-electron chi connectivity index (χ0n) is 9.68. The summed E-state index contributed by atoms with van der Waals surface area (Å²) in [6.07, 6.45) is 0. The molecule has 0 heterocycles. The number of nitro groups is 1. The van der Waals surface area contributed by atoms with Crippen molar-refractivity contribution in [2.75, 3.05) is 0 Å². The van der Waals surface area contributed by atoms with E-state index in [0.29, 0.717) is 17.1 Å². The van der Waals surface area contributed by atoms with Crippen molar-refractivity contribution in [1.29, 1.82) is 0 Å². The Labute approximate surface area is 128 Å². The van der Waals surface area contributed by atoms with Crippen LogP contribution in [0.15, 0.2) is 42.5 Å². The van der Waals surface area contributed by atoms with Gasteiger partial charge in [0.1, 0.15) is 11.5 Å². The summed E-state index contributed by atoms with van der Waals surface area (Å²) in [5, 5.41) is 10.8. The van der Waals surface area contributed by atoms with Crippen LogP contribution in [0.1, 0.15) is 5.56 Å². The first-order valence-corrected chi connectivity index (χ1v) is 6.99. The second-order valence-electron chi connectivity index (χ2n) is 3.71. The van der Waals surface area contributed by atoms with Crippen molar-refractivity contribution in [3.05, 3.63) is 61.7 Å². The van der Waals surface area contributed by atoms with Gasteiger partial charge >= 0.3 is 0 Å². The van der Waals surface area contributed by atoms with Crippen molar-refractivity contribution in [1.82, 2.24) is 0 Å². The van der Waals surface area contributed by atoms with Crippen molar-refractivity contribution in [2.45, 2.75) is 5.88 Å². The number of nitro benzene ring substituents is 1. The Bertz CT molecular complexity index is 619. The Hall–Kier alpha value is -1.34. The first-order valence-electron chi connectivity index (χ1n) is 5.37. The molecule has 4 nitrogen and oxygen atoms in total. The van der Waals surface area contributed by atoms with E-state index in [1.54, 1.807) is 12.1 Å². The lowest BCUT2D eigenvalue weighted by Gasteiger charge is -2.08. The van der Waals surface area contributed by atoms with E-state index < -0.39 is 4.92 Å². The maximum atomic E-state index is 10.8. The molecule has 98 valence electrons. The molecule has 0 aliphatic rings. The summed E-state index contributed by atoms with van der Waals surface area (Å²) >= 11 is 7.88. The van der Waals surface area contributed by atoms with Gasteiger partial charge in [-0.25, -0.2) is 0 Å². The topological polar surface area (TPSA) is 52.4 Å². The molecular weight excluding hydrogens is 381 g/mol. The minimum atomic E-state index is -0.451. The number of halogens is 2. The minimum absolute atomic E-state index is 0.00473. The summed E-state index contributed by atoms with van der Waals surface area (Å²) in [4.78, 5) is 10.4. The Morgan fingerprint density at radius 1 is 1.26 bits per heavy atom. The summed E-state index contributed by atoms with van der Waals surface area (Å²) in [6, 6.07) is 12.1. The Morgan fingerprint density at radius 2 is 2.00 bits per heavy atom. The molecule has 2 rings (SSSR count). The van der Waals surface area contributed by atoms with Gasteiger partial charge in [-0.1, -0.05) is 12.1 Å². The van der Waals surface area contributed by atoms with Gasteiger partial charge in [-0.15, -0.1) is 11.6 Å². The molecule has 0 saturated carbocycles. The standard InChI is InChI=1S/C13H9ClINO3/c14-8-9-7-10(5-6-12(9)16(17)18)19-13-4-2-1-3-11(13)15/h1-7H,8H2. The van der Waals surface area contributed by atoms with Gasteiger partial charge < -0.3 is 4.74 Å². The van der Waals surface area contributed by atoms with Gasteiger partial charge in [0.2, 0.25) is 0 Å². The van der Waals surface area contributed by atoms with Crippen LogP contribution in [-0.2, 0) is 5.88 Å². The van der Waals surface area contributed by atoms with E-state index in [1.165, 1.54) is 6.07 Å². The highest BCUT2D eigenvalue weighted by Crippen LogP contribution is 2.30. The smallest absolute Gasteiger partial charge is 0.274 e. The Balaban J connectivity index is 2.32. The van der Waals surface area contributed by atoms with E-state index >= 15 is 0 Å². The lowest BCUT2D eigenvalue weighted by molar-refractivity contribution is -0.385. The Morgan fingerprint density at radius 3 is 2.63 bits per heavy atom. The zero-order chi connectivity index (χ0) is 13.8. The largest absolute Gasteiger partial charge is 0.456 e. The van der Waals surface area contributed by atoms with Gasteiger partial charge in [0.25, 0.3) is 5.69 Å². The highest BCUT2D eigenvalue weighted by atomic mass is 127. The molecule has 2 aromatic carbocycles. The van der Waals surface area contributed by atoms with Crippen molar-refractivity contribution < 1.29 is 9.66 Å². The molecule has 0 aliphatic carbocycles. The van der Waals surface area contributed by atoms with Gasteiger partial charge in [0.15, 0.2) is 0 Å². The Kier molecular flexibility index (Phi) is 4.60. The van der Waals surface area contributed by atoms with Gasteiger partial charge in [-0.2, -0.15) is 0 Å². The highest BCUT2D eigenvalue weighted by molar-refractivity contribution is 14.1. The third-order valence-corrected chi connectivity index (χ3v) is 3.64. The molecule has 0 aliphatic heterocycles. The van der Waals surface area contributed by atoms with Crippen molar-refractivity contribution in [2.24, 2.45) is 0 Å². The molecule has 0 fully saturated rings. The van der Waals surface area contributed by atoms with Gasteiger partial charge in [0.05, 0.1) is 14.4 Å². The van der Waals surface area contributed by atoms with Crippen LogP contribution in [0.3, 0.4) is 0 Å². The normalized spacial score (nSPS) is 10.2. The quantitative estimate of drug-likeness (QED) is 0.329. The summed E-state index contributed by atoms with van der Waals surface area (Å²) in [7, 11) is 0. The maximum absolute atomic E-state index is 10.8. The lowest BCUT2D eigenvalue weighted by Crippen LogP contribution is -1.95. The highest BCUT2D eigenvalue weighted by Gasteiger charge is 2.14. The number of ether oxygens (including phenoxy) is 1. The first-order chi connectivity index (χ1) is 9.11. The summed E-state index contributed by atoms with van der Waals surface area (Å²) in [6.45, 7) is 0.